The maximum Gasteiger partial charge on any atom is 0.220 e. The minimum absolute atomic E-state index is 0.105. The molecule has 0 fully saturated rings. The van der Waals surface area contributed by atoms with Crippen molar-refractivity contribution in [1.29, 1.82) is 0 Å². The standard InChI is InChI=1S/C51H93NO3/c1-3-5-7-9-11-13-15-17-19-20-21-22-23-24-25-26-27-28-29-30-31-33-34-36-38-40-42-44-46-50(54)49(48-53)52-51(55)47-45-43-41-39-37-35-32-18-16-14-12-10-8-6-4-2/h6,8,12,14,18,32,37,39,44,46,49-50,53-54H,3-5,7,9-11,13,15-17,19-31,33-36,38,40-43,45,47-48H2,1-2H3,(H,52,55)/b8-6-,14-12-,32-18-,39-37-,46-44+. The normalized spacial score (nSPS) is 13.5. The van der Waals surface area contributed by atoms with Gasteiger partial charge in [-0.15, -0.1) is 0 Å². The summed E-state index contributed by atoms with van der Waals surface area (Å²) in [7, 11) is 0. The molecule has 0 aliphatic carbocycles. The van der Waals surface area contributed by atoms with Gasteiger partial charge in [-0.25, -0.2) is 0 Å². The molecule has 0 radical (unpaired) electrons. The van der Waals surface area contributed by atoms with Crippen LogP contribution in [-0.4, -0.2) is 34.9 Å². The monoisotopic (exact) mass is 768 g/mol. The molecule has 0 aliphatic rings. The van der Waals surface area contributed by atoms with Crippen LogP contribution in [0.5, 0.6) is 0 Å². The summed E-state index contributed by atoms with van der Waals surface area (Å²) in [6.07, 6.45) is 65.0. The first-order chi connectivity index (χ1) is 27.2. The Bertz CT molecular complexity index is 919. The summed E-state index contributed by atoms with van der Waals surface area (Å²) in [5, 5.41) is 23.0. The van der Waals surface area contributed by atoms with Crippen molar-refractivity contribution in [1.82, 2.24) is 5.32 Å². The van der Waals surface area contributed by atoms with Crippen LogP contribution in [0.1, 0.15) is 239 Å². The van der Waals surface area contributed by atoms with Gasteiger partial charge >= 0.3 is 0 Å². The lowest BCUT2D eigenvalue weighted by atomic mass is 10.0. The van der Waals surface area contributed by atoms with Gasteiger partial charge in [0.1, 0.15) is 0 Å². The van der Waals surface area contributed by atoms with E-state index in [-0.39, 0.29) is 12.5 Å². The molecule has 4 heteroatoms. The number of unbranched alkanes of at least 4 members (excludes halogenated alkanes) is 28. The Labute approximate surface area is 343 Å². The van der Waals surface area contributed by atoms with E-state index in [2.05, 4.69) is 67.8 Å². The van der Waals surface area contributed by atoms with Crippen LogP contribution in [0.2, 0.25) is 0 Å². The van der Waals surface area contributed by atoms with E-state index in [0.717, 1.165) is 57.8 Å². The summed E-state index contributed by atoms with van der Waals surface area (Å²) < 4.78 is 0. The molecule has 1 amide bonds. The van der Waals surface area contributed by atoms with Gasteiger partial charge in [0.25, 0.3) is 0 Å². The fraction of sp³-hybridized carbons (Fsp3) is 0.784. The lowest BCUT2D eigenvalue weighted by Gasteiger charge is -2.19. The second kappa shape index (κ2) is 46.5. The average Bonchev–Trinajstić information content (AvgIpc) is 3.19. The van der Waals surface area contributed by atoms with Crippen LogP contribution in [-0.2, 0) is 4.79 Å². The van der Waals surface area contributed by atoms with Gasteiger partial charge in [0.2, 0.25) is 5.91 Å². The van der Waals surface area contributed by atoms with Crippen molar-refractivity contribution in [3.05, 3.63) is 60.8 Å². The van der Waals surface area contributed by atoms with Crippen molar-refractivity contribution in [3.8, 4) is 0 Å². The fourth-order valence-electron chi connectivity index (χ4n) is 7.11. The van der Waals surface area contributed by atoms with E-state index < -0.39 is 12.1 Å². The summed E-state index contributed by atoms with van der Waals surface area (Å²) >= 11 is 0. The van der Waals surface area contributed by atoms with E-state index in [1.807, 2.05) is 6.08 Å². The molecular weight excluding hydrogens is 675 g/mol. The first-order valence-electron chi connectivity index (χ1n) is 24.0. The zero-order valence-corrected chi connectivity index (χ0v) is 36.7. The molecule has 0 aromatic heterocycles. The SMILES string of the molecule is CC/C=C\C/C=C\C/C=C\C/C=C\CCCCC(=O)NC(CO)C(O)/C=C/CCCCCCCCCCCCCCCCCCCCCCCCCCCC. The van der Waals surface area contributed by atoms with E-state index in [4.69, 9.17) is 0 Å². The maximum absolute atomic E-state index is 12.4. The molecule has 55 heavy (non-hydrogen) atoms. The molecule has 0 aromatic rings. The molecule has 0 spiro atoms. The average molecular weight is 768 g/mol. The molecule has 0 aromatic carbocycles. The number of allylic oxidation sites excluding steroid dienone is 9. The third kappa shape index (κ3) is 43.1. The minimum Gasteiger partial charge on any atom is -0.394 e. The van der Waals surface area contributed by atoms with Crippen LogP contribution in [0.3, 0.4) is 0 Å². The summed E-state index contributed by atoms with van der Waals surface area (Å²) in [6.45, 7) is 4.18. The number of rotatable bonds is 43. The summed E-state index contributed by atoms with van der Waals surface area (Å²) in [5.41, 5.74) is 0. The molecule has 3 N–H and O–H groups in total. The van der Waals surface area contributed by atoms with Crippen molar-refractivity contribution < 1.29 is 15.0 Å². The first kappa shape index (κ1) is 53.1. The predicted octanol–water partition coefficient (Wildman–Crippen LogP) is 15.3. The number of carbonyl (C=O) groups excluding carboxylic acids is 1. The van der Waals surface area contributed by atoms with E-state index in [0.29, 0.717) is 6.42 Å². The highest BCUT2D eigenvalue weighted by atomic mass is 16.3. The highest BCUT2D eigenvalue weighted by Crippen LogP contribution is 2.16. The zero-order chi connectivity index (χ0) is 40.0. The summed E-state index contributed by atoms with van der Waals surface area (Å²) in [6, 6.07) is -0.646. The molecule has 4 nitrogen and oxygen atoms in total. The van der Waals surface area contributed by atoms with E-state index in [1.165, 1.54) is 161 Å². The number of hydrogen-bond donors (Lipinski definition) is 3. The third-order valence-electron chi connectivity index (χ3n) is 10.8. The molecule has 2 unspecified atom stereocenters. The summed E-state index contributed by atoms with van der Waals surface area (Å²) in [4.78, 5) is 12.4. The van der Waals surface area contributed by atoms with Crippen molar-refractivity contribution in [3.63, 3.8) is 0 Å². The van der Waals surface area contributed by atoms with Crippen molar-refractivity contribution in [2.24, 2.45) is 0 Å². The van der Waals surface area contributed by atoms with Gasteiger partial charge < -0.3 is 15.5 Å². The third-order valence-corrected chi connectivity index (χ3v) is 10.8. The van der Waals surface area contributed by atoms with Crippen LogP contribution < -0.4 is 5.32 Å². The van der Waals surface area contributed by atoms with Gasteiger partial charge in [-0.1, -0.05) is 235 Å². The fourth-order valence-corrected chi connectivity index (χ4v) is 7.11. The first-order valence-corrected chi connectivity index (χ1v) is 24.0. The Morgan fingerprint density at radius 2 is 0.800 bits per heavy atom. The van der Waals surface area contributed by atoms with Crippen LogP contribution in [0.15, 0.2) is 60.8 Å². The number of hydrogen-bond acceptors (Lipinski definition) is 3. The topological polar surface area (TPSA) is 69.6 Å². The Hall–Kier alpha value is -1.91. The van der Waals surface area contributed by atoms with Gasteiger partial charge in [-0.3, -0.25) is 4.79 Å². The lowest BCUT2D eigenvalue weighted by Crippen LogP contribution is -2.45. The molecule has 0 saturated heterocycles. The Kier molecular flexibility index (Phi) is 44.9. The van der Waals surface area contributed by atoms with Crippen molar-refractivity contribution in [2.75, 3.05) is 6.61 Å². The highest BCUT2D eigenvalue weighted by Gasteiger charge is 2.17. The van der Waals surface area contributed by atoms with Gasteiger partial charge in [0, 0.05) is 6.42 Å². The number of aliphatic hydroxyl groups is 2. The number of aliphatic hydroxyl groups excluding tert-OH is 2. The molecule has 0 heterocycles. The lowest BCUT2D eigenvalue weighted by molar-refractivity contribution is -0.123. The van der Waals surface area contributed by atoms with Crippen LogP contribution in [0.25, 0.3) is 0 Å². The Balaban J connectivity index is 3.54. The van der Waals surface area contributed by atoms with Gasteiger partial charge in [-0.05, 0) is 57.8 Å². The van der Waals surface area contributed by atoms with Gasteiger partial charge in [0.05, 0.1) is 18.8 Å². The van der Waals surface area contributed by atoms with Crippen LogP contribution in [0.4, 0.5) is 0 Å². The Morgan fingerprint density at radius 1 is 0.455 bits per heavy atom. The quantitative estimate of drug-likeness (QED) is 0.0427. The molecule has 320 valence electrons. The minimum atomic E-state index is -0.859. The summed E-state index contributed by atoms with van der Waals surface area (Å²) in [5.74, 6) is -0.105. The molecule has 0 aliphatic heterocycles. The van der Waals surface area contributed by atoms with E-state index >= 15 is 0 Å². The molecular formula is C51H93NO3. The molecule has 0 saturated carbocycles. The van der Waals surface area contributed by atoms with E-state index in [9.17, 15) is 15.0 Å². The zero-order valence-electron chi connectivity index (χ0n) is 36.7. The van der Waals surface area contributed by atoms with Crippen molar-refractivity contribution in [2.45, 2.75) is 251 Å². The smallest absolute Gasteiger partial charge is 0.220 e. The van der Waals surface area contributed by atoms with Crippen LogP contribution in [0, 0.1) is 0 Å². The number of amides is 1. The second-order valence-corrected chi connectivity index (χ2v) is 16.1. The maximum atomic E-state index is 12.4. The van der Waals surface area contributed by atoms with E-state index in [1.54, 1.807) is 6.08 Å². The van der Waals surface area contributed by atoms with Gasteiger partial charge in [-0.2, -0.15) is 0 Å². The second-order valence-electron chi connectivity index (χ2n) is 16.1. The largest absolute Gasteiger partial charge is 0.394 e. The molecule has 0 rings (SSSR count). The predicted molar refractivity (Wildman–Crippen MR) is 244 cm³/mol. The molecule has 0 bridgehead atoms. The highest BCUT2D eigenvalue weighted by molar-refractivity contribution is 5.76. The molecule has 2 atom stereocenters. The number of carbonyl (C=O) groups is 1. The van der Waals surface area contributed by atoms with Crippen LogP contribution >= 0.6 is 0 Å². The van der Waals surface area contributed by atoms with Gasteiger partial charge in [0.15, 0.2) is 0 Å². The number of nitrogens with one attached hydrogen (secondary N) is 1. The Morgan fingerprint density at radius 3 is 1.20 bits per heavy atom. The van der Waals surface area contributed by atoms with Crippen molar-refractivity contribution >= 4 is 5.91 Å².